The number of carbonyl (C=O) groups excluding carboxylic acids is 8. The van der Waals surface area contributed by atoms with Gasteiger partial charge in [-0.3, -0.25) is 86.3 Å². The zero-order chi connectivity index (χ0) is 84.8. The number of hydrogen-bond donors (Lipinski definition) is 33. The Morgan fingerprint density at radius 1 is 0.391 bits per heavy atom. The van der Waals surface area contributed by atoms with E-state index in [9.17, 15) is 43.5 Å². The zero-order valence-electron chi connectivity index (χ0n) is 64.5. The molecule has 115 heavy (non-hydrogen) atoms. The van der Waals surface area contributed by atoms with Crippen molar-refractivity contribution >= 4 is 106 Å². The number of rotatable bonds is 52. The minimum atomic E-state index is -1.55. The van der Waals surface area contributed by atoms with Crippen LogP contribution in [0, 0.1) is 49.2 Å². The Kier molecular flexibility index (Phi) is 42.1. The minimum Gasteiger partial charge on any atom is -0.508 e. The number of phenolic OH excluding ortho intramolecular Hbond substituents is 1. The molecule has 47 heteroatoms. The van der Waals surface area contributed by atoms with Crippen LogP contribution in [0.1, 0.15) is 116 Å². The molecule has 4 rings (SSSR count). The van der Waals surface area contributed by atoms with Crippen molar-refractivity contribution in [3.05, 3.63) is 54.7 Å². The number of phenols is 1. The highest BCUT2D eigenvalue weighted by molar-refractivity contribution is 5.98. The van der Waals surface area contributed by atoms with E-state index in [1.54, 1.807) is 33.8 Å². The molecule has 2 heterocycles. The van der Waals surface area contributed by atoms with E-state index in [4.69, 9.17) is 94.9 Å². The van der Waals surface area contributed by atoms with Crippen LogP contribution >= 0.6 is 0 Å². The number of aromatic hydroxyl groups is 1. The lowest BCUT2D eigenvalue weighted by Gasteiger charge is -2.35. The Morgan fingerprint density at radius 3 is 0.948 bits per heavy atom. The molecule has 0 saturated carbocycles. The average Bonchev–Trinajstić information content (AvgIpc) is 1.83. The molecule has 0 spiro atoms. The van der Waals surface area contributed by atoms with Gasteiger partial charge in [-0.15, -0.1) is 5.10 Å². The van der Waals surface area contributed by atoms with E-state index < -0.39 is 119 Å². The SMILES string of the molecule is N=C(N)NCCC[C@H](NC(=O)[C@H](CCCNC(=N)N)NC(=O)[C@H](CCCNC(=N)N)NC(=O)[C@H](CCCNC(=N)N)NC(=O)[C@@H](N)CCCNC(=N)N)C(=O)N[C@@H](CCCNC(=N)N)C(=O)N[C@@H](CCCNC(=N)N)C(=O)N[C@@H](CCCNC(=N)N)C(=O)N1CCC(Cn2cc(-c3ccc(N=Nc4ccc(O)cc4)cc3)nn2)CC1. The van der Waals surface area contributed by atoms with Crippen molar-refractivity contribution in [3.8, 4) is 17.0 Å². The number of hydrogen-bond acceptors (Lipinski definition) is 22. The second kappa shape index (κ2) is 51.4. The van der Waals surface area contributed by atoms with Crippen LogP contribution in [0.5, 0.6) is 5.75 Å². The number of carbonyl (C=O) groups is 8. The molecule has 2 aromatic carbocycles. The van der Waals surface area contributed by atoms with Crippen LogP contribution < -0.4 is 131 Å². The van der Waals surface area contributed by atoms with Crippen LogP contribution in [-0.2, 0) is 44.9 Å². The van der Waals surface area contributed by atoms with E-state index >= 15 is 0 Å². The summed E-state index contributed by atoms with van der Waals surface area (Å²) in [4.78, 5) is 119. The van der Waals surface area contributed by atoms with Gasteiger partial charge in [0.05, 0.1) is 23.6 Å². The van der Waals surface area contributed by atoms with Crippen LogP contribution in [0.4, 0.5) is 11.4 Å². The second-order valence-corrected chi connectivity index (χ2v) is 27.3. The van der Waals surface area contributed by atoms with Gasteiger partial charge in [0, 0.05) is 77.6 Å². The molecule has 0 radical (unpaired) electrons. The minimum absolute atomic E-state index is 0.0000528. The first-order chi connectivity index (χ1) is 54.8. The molecule has 634 valence electrons. The highest BCUT2D eigenvalue weighted by Gasteiger charge is 2.36. The molecule has 47 nitrogen and oxygen atoms in total. The van der Waals surface area contributed by atoms with Crippen LogP contribution in [-0.4, -0.2) is 234 Å². The third kappa shape index (κ3) is 39.1. The fourth-order valence-corrected chi connectivity index (χ4v) is 11.8. The highest BCUT2D eigenvalue weighted by atomic mass is 16.3. The van der Waals surface area contributed by atoms with Crippen molar-refractivity contribution < 1.29 is 43.5 Å². The van der Waals surface area contributed by atoms with Gasteiger partial charge in [-0.1, -0.05) is 17.3 Å². The standard InChI is InChI=1S/C68H118N38O9/c69-44(9-1-27-86-61(70)71)53(108)94-45(10-2-28-87-62(72)73)54(109)95-46(11-3-29-88-63(74)75)55(110)96-47(12-4-30-89-64(76)77)56(111)97-48(13-5-31-90-65(78)79)57(112)98-49(14-6-32-91-66(80)81)58(113)99-50(15-7-33-92-67(82)83)59(114)100-51(16-8-34-93-68(84)85)60(115)105-35-25-39(26-36-105)37-106-38-52(103-104-106)40-17-19-41(20-18-40)101-102-42-21-23-43(107)24-22-42/h17-24,38-39,44-51,107H,1-16,25-37,69H2,(H,94,108)(H,95,109)(H,96,110)(H,97,111)(H,98,112)(H,99,113)(H,100,114)(H4,70,71,86)(H4,72,73,87)(H4,74,75,88)(H4,76,77,89)(H4,78,79,90)(H4,80,81,91)(H4,82,83,92)(H4,84,85,93)/t44-,45-,46-,47-,48-,49-,50-,51-/m0/s1. The maximum absolute atomic E-state index is 15.0. The number of nitrogens with one attached hydrogen (secondary N) is 23. The topological polar surface area (TPSA) is 821 Å². The lowest BCUT2D eigenvalue weighted by atomic mass is 9.96. The van der Waals surface area contributed by atoms with Crippen molar-refractivity contribution in [2.45, 2.75) is 170 Å². The molecule has 3 aromatic rings. The highest BCUT2D eigenvalue weighted by Crippen LogP contribution is 2.26. The third-order valence-electron chi connectivity index (χ3n) is 17.9. The van der Waals surface area contributed by atoms with E-state index in [1.165, 1.54) is 12.1 Å². The molecule has 0 bridgehead atoms. The van der Waals surface area contributed by atoms with Crippen molar-refractivity contribution in [1.29, 1.82) is 43.3 Å². The van der Waals surface area contributed by atoms with Gasteiger partial charge in [0.25, 0.3) is 0 Å². The summed E-state index contributed by atoms with van der Waals surface area (Å²) in [6, 6.07) is 2.45. The van der Waals surface area contributed by atoms with Crippen LogP contribution in [0.15, 0.2) is 65.0 Å². The first-order valence-electron chi connectivity index (χ1n) is 37.8. The van der Waals surface area contributed by atoms with Crippen LogP contribution in [0.2, 0.25) is 0 Å². The van der Waals surface area contributed by atoms with Gasteiger partial charge in [0.1, 0.15) is 53.7 Å². The summed E-state index contributed by atoms with van der Waals surface area (Å²) < 4.78 is 1.74. The van der Waals surface area contributed by atoms with Crippen molar-refractivity contribution in [1.82, 2.24) is 99.6 Å². The van der Waals surface area contributed by atoms with Crippen molar-refractivity contribution in [3.63, 3.8) is 0 Å². The summed E-state index contributed by atoms with van der Waals surface area (Å²) >= 11 is 0. The van der Waals surface area contributed by atoms with Gasteiger partial charge >= 0.3 is 0 Å². The molecule has 1 saturated heterocycles. The number of nitrogens with two attached hydrogens (primary N) is 9. The predicted octanol–water partition coefficient (Wildman–Crippen LogP) is -5.87. The summed E-state index contributed by atoms with van der Waals surface area (Å²) in [5.41, 5.74) is 53.2. The molecule has 0 aliphatic carbocycles. The Hall–Kier alpha value is -13.1. The summed E-state index contributed by atoms with van der Waals surface area (Å²) in [6.45, 7) is 1.71. The van der Waals surface area contributed by atoms with E-state index in [0.717, 1.165) is 5.56 Å². The Bertz CT molecular complexity index is 3740. The first kappa shape index (κ1) is 94.2. The fraction of sp³-hybridized carbons (Fsp3) is 0.559. The lowest BCUT2D eigenvalue weighted by Crippen LogP contribution is -2.60. The van der Waals surface area contributed by atoms with Gasteiger partial charge in [0.15, 0.2) is 47.7 Å². The molecular formula is C68H118N38O9. The number of benzene rings is 2. The number of piperidine rings is 1. The van der Waals surface area contributed by atoms with E-state index in [0.29, 0.717) is 56.0 Å². The van der Waals surface area contributed by atoms with Crippen LogP contribution in [0.25, 0.3) is 11.3 Å². The lowest BCUT2D eigenvalue weighted by molar-refractivity contribution is -0.139. The first-order valence-corrected chi connectivity index (χ1v) is 37.8. The summed E-state index contributed by atoms with van der Waals surface area (Å²) in [5, 5.41) is 128. The molecule has 0 unspecified atom stereocenters. The van der Waals surface area contributed by atoms with Gasteiger partial charge in [0.2, 0.25) is 47.3 Å². The van der Waals surface area contributed by atoms with Gasteiger partial charge < -0.3 is 141 Å². The number of azo groups is 1. The predicted molar refractivity (Wildman–Crippen MR) is 432 cm³/mol. The third-order valence-corrected chi connectivity index (χ3v) is 17.9. The average molecular weight is 1610 g/mol. The molecule has 8 amide bonds. The van der Waals surface area contributed by atoms with Gasteiger partial charge in [-0.25, -0.2) is 0 Å². The number of nitrogens with zero attached hydrogens (tertiary/aromatic N) is 6. The maximum atomic E-state index is 15.0. The molecule has 1 aliphatic rings. The summed E-state index contributed by atoms with van der Waals surface area (Å²) in [6.07, 6.45) is 3.31. The molecule has 1 fully saturated rings. The van der Waals surface area contributed by atoms with E-state index in [2.05, 4.69) is 100 Å². The number of likely N-dealkylation sites (tertiary alicyclic amines) is 1. The monoisotopic (exact) mass is 1610 g/mol. The zero-order valence-corrected chi connectivity index (χ0v) is 64.5. The van der Waals surface area contributed by atoms with E-state index in [-0.39, 0.29) is 184 Å². The quantitative estimate of drug-likeness (QED) is 0.0108. The van der Waals surface area contributed by atoms with E-state index in [1.807, 2.05) is 18.3 Å². The molecule has 1 aromatic heterocycles. The number of guanidine groups is 8. The molecule has 42 N–H and O–H groups in total. The largest absolute Gasteiger partial charge is 0.508 e. The van der Waals surface area contributed by atoms with Crippen molar-refractivity contribution in [2.24, 2.45) is 67.7 Å². The van der Waals surface area contributed by atoms with Crippen LogP contribution in [0.3, 0.4) is 0 Å². The maximum Gasteiger partial charge on any atom is 0.245 e. The second-order valence-electron chi connectivity index (χ2n) is 27.3. The summed E-state index contributed by atoms with van der Waals surface area (Å²) in [5.74, 6) is -9.35. The molecule has 8 atom stereocenters. The summed E-state index contributed by atoms with van der Waals surface area (Å²) in [7, 11) is 0. The van der Waals surface area contributed by atoms with Gasteiger partial charge in [-0.05, 0) is 158 Å². The van der Waals surface area contributed by atoms with Crippen molar-refractivity contribution in [2.75, 3.05) is 65.4 Å². The Labute approximate surface area is 665 Å². The molecular weight excluding hydrogens is 1490 g/mol. The fourth-order valence-electron chi connectivity index (χ4n) is 11.8. The number of amides is 8. The normalized spacial score (nSPS) is 14.0. The molecule has 1 aliphatic heterocycles. The number of aromatic nitrogens is 3. The smallest absolute Gasteiger partial charge is 0.245 e. The Morgan fingerprint density at radius 2 is 0.652 bits per heavy atom. The van der Waals surface area contributed by atoms with Gasteiger partial charge in [-0.2, -0.15) is 10.2 Å². The Balaban J connectivity index is 1.63.